The van der Waals surface area contributed by atoms with E-state index in [0.29, 0.717) is 0 Å². The van der Waals surface area contributed by atoms with Crippen molar-refractivity contribution in [1.29, 1.82) is 0 Å². The summed E-state index contributed by atoms with van der Waals surface area (Å²) in [6.45, 7) is 2.07. The van der Waals surface area contributed by atoms with Crippen molar-refractivity contribution in [3.8, 4) is 11.1 Å². The van der Waals surface area contributed by atoms with Gasteiger partial charge in [-0.25, -0.2) is 0 Å². The maximum atomic E-state index is 10.8. The molecule has 0 saturated heterocycles. The second kappa shape index (κ2) is 5.00. The SMILES string of the molecule is Cc1cc(C=O)ccc1-c1cccc(C2CCC2)c1. The summed E-state index contributed by atoms with van der Waals surface area (Å²) in [5, 5.41) is 0. The summed E-state index contributed by atoms with van der Waals surface area (Å²) in [6.07, 6.45) is 4.92. The van der Waals surface area contributed by atoms with Crippen LogP contribution >= 0.6 is 0 Å². The van der Waals surface area contributed by atoms with E-state index in [0.717, 1.165) is 23.3 Å². The van der Waals surface area contributed by atoms with E-state index < -0.39 is 0 Å². The van der Waals surface area contributed by atoms with E-state index in [2.05, 4.69) is 37.3 Å². The van der Waals surface area contributed by atoms with Crippen LogP contribution in [-0.4, -0.2) is 6.29 Å². The van der Waals surface area contributed by atoms with Gasteiger partial charge in [-0.3, -0.25) is 4.79 Å². The second-order valence-corrected chi connectivity index (χ2v) is 5.45. The number of benzene rings is 2. The van der Waals surface area contributed by atoms with Gasteiger partial charge >= 0.3 is 0 Å². The number of aldehydes is 1. The molecule has 0 heterocycles. The van der Waals surface area contributed by atoms with E-state index in [1.807, 2.05) is 12.1 Å². The highest BCUT2D eigenvalue weighted by Gasteiger charge is 2.19. The summed E-state index contributed by atoms with van der Waals surface area (Å²) >= 11 is 0. The van der Waals surface area contributed by atoms with E-state index >= 15 is 0 Å². The highest BCUT2D eigenvalue weighted by Crippen LogP contribution is 2.37. The van der Waals surface area contributed by atoms with Crippen molar-refractivity contribution in [2.45, 2.75) is 32.1 Å². The number of hydrogen-bond donors (Lipinski definition) is 0. The Kier molecular flexibility index (Phi) is 3.20. The molecule has 2 aromatic carbocycles. The fraction of sp³-hybridized carbons (Fsp3) is 0.278. The molecule has 3 rings (SSSR count). The van der Waals surface area contributed by atoms with Crippen LogP contribution in [0.4, 0.5) is 0 Å². The number of carbonyl (C=O) groups is 1. The molecule has 0 radical (unpaired) electrons. The zero-order valence-electron chi connectivity index (χ0n) is 11.2. The Morgan fingerprint density at radius 1 is 1.11 bits per heavy atom. The van der Waals surface area contributed by atoms with Crippen molar-refractivity contribution in [3.05, 3.63) is 59.2 Å². The molecule has 1 aliphatic rings. The third-order valence-corrected chi connectivity index (χ3v) is 4.16. The lowest BCUT2D eigenvalue weighted by atomic mass is 9.79. The molecule has 1 heteroatoms. The Bertz CT molecular complexity index is 609. The standard InChI is InChI=1S/C18H18O/c1-13-10-14(12-19)8-9-18(13)17-7-3-6-16(11-17)15-4-2-5-15/h3,6-12,15H,2,4-5H2,1H3. The molecule has 0 aromatic heterocycles. The third-order valence-electron chi connectivity index (χ3n) is 4.16. The molecule has 0 amide bonds. The predicted octanol–water partition coefficient (Wildman–Crippen LogP) is 4.74. The first kappa shape index (κ1) is 12.2. The highest BCUT2D eigenvalue weighted by molar-refractivity contribution is 5.78. The minimum atomic E-state index is 0.747. The van der Waals surface area contributed by atoms with Crippen LogP contribution < -0.4 is 0 Å². The molecule has 0 unspecified atom stereocenters. The molecule has 0 atom stereocenters. The molecule has 0 N–H and O–H groups in total. The topological polar surface area (TPSA) is 17.1 Å². The van der Waals surface area contributed by atoms with E-state index in [-0.39, 0.29) is 0 Å². The Hall–Kier alpha value is -1.89. The maximum absolute atomic E-state index is 10.8. The van der Waals surface area contributed by atoms with Crippen molar-refractivity contribution in [3.63, 3.8) is 0 Å². The minimum absolute atomic E-state index is 0.747. The first-order valence-electron chi connectivity index (χ1n) is 6.94. The molecule has 0 spiro atoms. The monoisotopic (exact) mass is 250 g/mol. The van der Waals surface area contributed by atoms with Crippen LogP contribution in [0.15, 0.2) is 42.5 Å². The smallest absolute Gasteiger partial charge is 0.150 e. The van der Waals surface area contributed by atoms with Gasteiger partial charge in [-0.05, 0) is 54.0 Å². The van der Waals surface area contributed by atoms with E-state index in [4.69, 9.17) is 0 Å². The van der Waals surface area contributed by atoms with Gasteiger partial charge in [0.05, 0.1) is 0 Å². The molecule has 2 aromatic rings. The van der Waals surface area contributed by atoms with Crippen molar-refractivity contribution < 1.29 is 4.79 Å². The average Bonchev–Trinajstić information content (AvgIpc) is 2.37. The summed E-state index contributed by atoms with van der Waals surface area (Å²) in [5.74, 6) is 0.759. The number of carbonyl (C=O) groups excluding carboxylic acids is 1. The molecule has 0 aliphatic heterocycles. The lowest BCUT2D eigenvalue weighted by Crippen LogP contribution is -2.08. The Labute approximate surface area is 114 Å². The van der Waals surface area contributed by atoms with Crippen LogP contribution in [0.25, 0.3) is 11.1 Å². The summed E-state index contributed by atoms with van der Waals surface area (Å²) in [7, 11) is 0. The van der Waals surface area contributed by atoms with E-state index in [1.165, 1.54) is 36.0 Å². The molecule has 1 aliphatic carbocycles. The lowest BCUT2D eigenvalue weighted by molar-refractivity contribution is 0.112. The summed E-state index contributed by atoms with van der Waals surface area (Å²) in [4.78, 5) is 10.8. The summed E-state index contributed by atoms with van der Waals surface area (Å²) < 4.78 is 0. The van der Waals surface area contributed by atoms with E-state index in [9.17, 15) is 4.79 Å². The Morgan fingerprint density at radius 2 is 1.95 bits per heavy atom. The van der Waals surface area contributed by atoms with Gasteiger partial charge in [0, 0.05) is 5.56 Å². The second-order valence-electron chi connectivity index (χ2n) is 5.45. The van der Waals surface area contributed by atoms with Crippen molar-refractivity contribution in [1.82, 2.24) is 0 Å². The molecule has 1 fully saturated rings. The normalized spacial score (nSPS) is 15.0. The first-order chi connectivity index (χ1) is 9.28. The van der Waals surface area contributed by atoms with Crippen LogP contribution in [0.1, 0.15) is 46.7 Å². The molecule has 96 valence electrons. The maximum Gasteiger partial charge on any atom is 0.150 e. The van der Waals surface area contributed by atoms with Crippen LogP contribution in [0.3, 0.4) is 0 Å². The average molecular weight is 250 g/mol. The van der Waals surface area contributed by atoms with Crippen LogP contribution in [-0.2, 0) is 0 Å². The fourth-order valence-electron chi connectivity index (χ4n) is 2.79. The fourth-order valence-corrected chi connectivity index (χ4v) is 2.79. The van der Waals surface area contributed by atoms with Gasteiger partial charge in [0.1, 0.15) is 6.29 Å². The van der Waals surface area contributed by atoms with Crippen LogP contribution in [0, 0.1) is 6.92 Å². The quantitative estimate of drug-likeness (QED) is 0.719. The van der Waals surface area contributed by atoms with Crippen molar-refractivity contribution >= 4 is 6.29 Å². The van der Waals surface area contributed by atoms with Crippen molar-refractivity contribution in [2.75, 3.05) is 0 Å². The highest BCUT2D eigenvalue weighted by atomic mass is 16.1. The Balaban J connectivity index is 1.99. The molecule has 0 bridgehead atoms. The van der Waals surface area contributed by atoms with Gasteiger partial charge in [0.25, 0.3) is 0 Å². The van der Waals surface area contributed by atoms with Crippen LogP contribution in [0.2, 0.25) is 0 Å². The van der Waals surface area contributed by atoms with Gasteiger partial charge in [-0.1, -0.05) is 42.8 Å². The molecular weight excluding hydrogens is 232 g/mol. The summed E-state index contributed by atoms with van der Waals surface area (Å²) in [6, 6.07) is 14.8. The largest absolute Gasteiger partial charge is 0.298 e. The summed E-state index contributed by atoms with van der Waals surface area (Å²) in [5.41, 5.74) is 5.86. The van der Waals surface area contributed by atoms with Gasteiger partial charge in [-0.2, -0.15) is 0 Å². The zero-order valence-corrected chi connectivity index (χ0v) is 11.2. The van der Waals surface area contributed by atoms with Gasteiger partial charge in [0.2, 0.25) is 0 Å². The number of rotatable bonds is 3. The van der Waals surface area contributed by atoms with Crippen molar-refractivity contribution in [2.24, 2.45) is 0 Å². The Morgan fingerprint density at radius 3 is 2.58 bits per heavy atom. The minimum Gasteiger partial charge on any atom is -0.298 e. The lowest BCUT2D eigenvalue weighted by Gasteiger charge is -2.26. The van der Waals surface area contributed by atoms with Gasteiger partial charge in [0.15, 0.2) is 0 Å². The molecule has 19 heavy (non-hydrogen) atoms. The first-order valence-corrected chi connectivity index (χ1v) is 6.94. The van der Waals surface area contributed by atoms with Gasteiger partial charge in [-0.15, -0.1) is 0 Å². The van der Waals surface area contributed by atoms with Gasteiger partial charge < -0.3 is 0 Å². The number of hydrogen-bond acceptors (Lipinski definition) is 1. The molecule has 1 saturated carbocycles. The molecular formula is C18H18O. The predicted molar refractivity (Wildman–Crippen MR) is 78.6 cm³/mol. The third kappa shape index (κ3) is 2.33. The molecule has 1 nitrogen and oxygen atoms in total. The number of aryl methyl sites for hydroxylation is 1. The van der Waals surface area contributed by atoms with E-state index in [1.54, 1.807) is 0 Å². The zero-order chi connectivity index (χ0) is 13.2. The van der Waals surface area contributed by atoms with Crippen LogP contribution in [0.5, 0.6) is 0 Å².